The summed E-state index contributed by atoms with van der Waals surface area (Å²) in [7, 11) is 0. The highest BCUT2D eigenvalue weighted by Gasteiger charge is 2.06. The summed E-state index contributed by atoms with van der Waals surface area (Å²) < 4.78 is 0. The minimum atomic E-state index is -0.358. The third kappa shape index (κ3) is 2.05. The van der Waals surface area contributed by atoms with Crippen molar-refractivity contribution in [3.8, 4) is 0 Å². The van der Waals surface area contributed by atoms with E-state index in [1.165, 1.54) is 0 Å². The lowest BCUT2D eigenvalue weighted by Gasteiger charge is -1.90. The maximum absolute atomic E-state index is 10.4. The van der Waals surface area contributed by atoms with Gasteiger partial charge in [-0.05, 0) is 18.9 Å². The zero-order chi connectivity index (χ0) is 8.97. The molecule has 0 aromatic heterocycles. The molecule has 0 amide bonds. The molecule has 0 atom stereocenters. The topological polar surface area (TPSA) is 43.1 Å². The van der Waals surface area contributed by atoms with E-state index in [1.54, 1.807) is 12.2 Å². The van der Waals surface area contributed by atoms with Gasteiger partial charge in [-0.3, -0.25) is 10.1 Å². The van der Waals surface area contributed by atoms with Gasteiger partial charge in [0.15, 0.2) is 0 Å². The standard InChI is InChI=1S/C9H11NO2/c1-2-8-4-3-5-9(7-6-8)10(11)12/h4-7H,2-3H2,1H3. The molecule has 0 N–H and O–H groups in total. The molecule has 1 aliphatic carbocycles. The Kier molecular flexibility index (Phi) is 2.80. The summed E-state index contributed by atoms with van der Waals surface area (Å²) in [6, 6.07) is 0. The molecule has 64 valence electrons. The van der Waals surface area contributed by atoms with Gasteiger partial charge in [-0.2, -0.15) is 0 Å². The Bertz CT molecular complexity index is 274. The molecule has 0 saturated carbocycles. The molecule has 12 heavy (non-hydrogen) atoms. The lowest BCUT2D eigenvalue weighted by molar-refractivity contribution is -0.419. The van der Waals surface area contributed by atoms with Crippen LogP contribution in [0.15, 0.2) is 35.6 Å². The van der Waals surface area contributed by atoms with Gasteiger partial charge in [0.2, 0.25) is 0 Å². The second-order valence-corrected chi connectivity index (χ2v) is 2.59. The minimum absolute atomic E-state index is 0.190. The Hall–Kier alpha value is -1.38. The van der Waals surface area contributed by atoms with Gasteiger partial charge in [0.1, 0.15) is 0 Å². The number of allylic oxidation sites excluding steroid dienone is 5. The number of hydrogen-bond acceptors (Lipinski definition) is 2. The Balaban J connectivity index is 2.77. The van der Waals surface area contributed by atoms with Gasteiger partial charge < -0.3 is 0 Å². The average Bonchev–Trinajstić information content (AvgIpc) is 2.28. The van der Waals surface area contributed by atoms with Gasteiger partial charge in [0.25, 0.3) is 5.70 Å². The highest BCUT2D eigenvalue weighted by Crippen LogP contribution is 2.12. The van der Waals surface area contributed by atoms with E-state index in [0.717, 1.165) is 12.0 Å². The molecular formula is C9H11NO2. The van der Waals surface area contributed by atoms with Gasteiger partial charge in [-0.25, -0.2) is 0 Å². The van der Waals surface area contributed by atoms with Crippen LogP contribution in [0.2, 0.25) is 0 Å². The fourth-order valence-electron chi connectivity index (χ4n) is 1.06. The van der Waals surface area contributed by atoms with Crippen molar-refractivity contribution in [3.05, 3.63) is 45.7 Å². The van der Waals surface area contributed by atoms with E-state index >= 15 is 0 Å². The second kappa shape index (κ2) is 3.85. The van der Waals surface area contributed by atoms with E-state index in [2.05, 4.69) is 0 Å². The Morgan fingerprint density at radius 2 is 2.25 bits per heavy atom. The fourth-order valence-corrected chi connectivity index (χ4v) is 1.06. The molecule has 3 nitrogen and oxygen atoms in total. The molecule has 0 aromatic carbocycles. The molecule has 0 aliphatic heterocycles. The molecule has 0 spiro atoms. The average molecular weight is 165 g/mol. The summed E-state index contributed by atoms with van der Waals surface area (Å²) in [6.45, 7) is 2.04. The molecule has 3 heteroatoms. The van der Waals surface area contributed by atoms with Crippen molar-refractivity contribution in [2.45, 2.75) is 19.8 Å². The van der Waals surface area contributed by atoms with Gasteiger partial charge in [0.05, 0.1) is 4.92 Å². The summed E-state index contributed by atoms with van der Waals surface area (Å²) in [5.41, 5.74) is 1.35. The maximum Gasteiger partial charge on any atom is 0.265 e. The van der Waals surface area contributed by atoms with Crippen LogP contribution in [0.5, 0.6) is 0 Å². The zero-order valence-electron chi connectivity index (χ0n) is 6.99. The van der Waals surface area contributed by atoms with E-state index in [4.69, 9.17) is 0 Å². The van der Waals surface area contributed by atoms with Crippen molar-refractivity contribution in [1.82, 2.24) is 0 Å². The van der Waals surface area contributed by atoms with E-state index in [9.17, 15) is 10.1 Å². The fraction of sp³-hybridized carbons (Fsp3) is 0.333. The van der Waals surface area contributed by atoms with Crippen LogP contribution in [0, 0.1) is 10.1 Å². The van der Waals surface area contributed by atoms with Crippen LogP contribution in [0.4, 0.5) is 0 Å². The van der Waals surface area contributed by atoms with Crippen LogP contribution in [-0.2, 0) is 0 Å². The first-order chi connectivity index (χ1) is 5.74. The van der Waals surface area contributed by atoms with Gasteiger partial charge in [0, 0.05) is 6.08 Å². The Labute approximate surface area is 71.2 Å². The molecule has 0 bridgehead atoms. The first-order valence-electron chi connectivity index (χ1n) is 3.95. The first kappa shape index (κ1) is 8.71. The van der Waals surface area contributed by atoms with Crippen molar-refractivity contribution in [2.24, 2.45) is 0 Å². The van der Waals surface area contributed by atoms with Crippen molar-refractivity contribution in [1.29, 1.82) is 0 Å². The Morgan fingerprint density at radius 3 is 2.83 bits per heavy atom. The number of hydrogen-bond donors (Lipinski definition) is 0. The van der Waals surface area contributed by atoms with Crippen molar-refractivity contribution in [3.63, 3.8) is 0 Å². The lowest BCUT2D eigenvalue weighted by atomic mass is 10.2. The third-order valence-electron chi connectivity index (χ3n) is 1.79. The van der Waals surface area contributed by atoms with Crippen LogP contribution >= 0.6 is 0 Å². The van der Waals surface area contributed by atoms with E-state index < -0.39 is 0 Å². The van der Waals surface area contributed by atoms with Crippen LogP contribution in [0.3, 0.4) is 0 Å². The highest BCUT2D eigenvalue weighted by molar-refractivity contribution is 5.28. The highest BCUT2D eigenvalue weighted by atomic mass is 16.6. The molecule has 0 aromatic rings. The normalized spacial score (nSPS) is 16.4. The van der Waals surface area contributed by atoms with Crippen LogP contribution in [-0.4, -0.2) is 4.92 Å². The maximum atomic E-state index is 10.4. The van der Waals surface area contributed by atoms with Crippen molar-refractivity contribution >= 4 is 0 Å². The molecule has 0 heterocycles. The zero-order valence-corrected chi connectivity index (χ0v) is 6.99. The number of nitro groups is 1. The summed E-state index contributed by atoms with van der Waals surface area (Å²) >= 11 is 0. The number of nitrogens with zero attached hydrogens (tertiary/aromatic N) is 1. The van der Waals surface area contributed by atoms with Crippen molar-refractivity contribution in [2.75, 3.05) is 0 Å². The molecule has 1 aliphatic rings. The SMILES string of the molecule is CCC1=CCC=C([N+](=O)[O-])C=C1. The molecular weight excluding hydrogens is 154 g/mol. The van der Waals surface area contributed by atoms with E-state index in [-0.39, 0.29) is 10.6 Å². The second-order valence-electron chi connectivity index (χ2n) is 2.59. The van der Waals surface area contributed by atoms with E-state index in [0.29, 0.717) is 6.42 Å². The molecule has 0 radical (unpaired) electrons. The quantitative estimate of drug-likeness (QED) is 0.466. The molecule has 1 rings (SSSR count). The lowest BCUT2D eigenvalue weighted by Crippen LogP contribution is -1.93. The molecule has 0 saturated heterocycles. The van der Waals surface area contributed by atoms with Gasteiger partial charge in [-0.15, -0.1) is 0 Å². The third-order valence-corrected chi connectivity index (χ3v) is 1.79. The van der Waals surface area contributed by atoms with Gasteiger partial charge >= 0.3 is 0 Å². The summed E-state index contributed by atoms with van der Waals surface area (Å²) in [4.78, 5) is 10.0. The smallest absolute Gasteiger partial charge is 0.258 e. The summed E-state index contributed by atoms with van der Waals surface area (Å²) in [6.07, 6.45) is 8.58. The first-order valence-corrected chi connectivity index (χ1v) is 3.95. The van der Waals surface area contributed by atoms with Crippen LogP contribution in [0.25, 0.3) is 0 Å². The van der Waals surface area contributed by atoms with Gasteiger partial charge in [-0.1, -0.05) is 24.6 Å². The summed E-state index contributed by atoms with van der Waals surface area (Å²) in [5.74, 6) is 0. The minimum Gasteiger partial charge on any atom is -0.258 e. The van der Waals surface area contributed by atoms with Crippen molar-refractivity contribution < 1.29 is 4.92 Å². The van der Waals surface area contributed by atoms with E-state index in [1.807, 2.05) is 19.1 Å². The molecule has 0 fully saturated rings. The molecule has 0 unspecified atom stereocenters. The largest absolute Gasteiger partial charge is 0.265 e. The Morgan fingerprint density at radius 1 is 1.50 bits per heavy atom. The monoisotopic (exact) mass is 165 g/mol. The predicted octanol–water partition coefficient (Wildman–Crippen LogP) is 2.44. The van der Waals surface area contributed by atoms with Crippen LogP contribution < -0.4 is 0 Å². The van der Waals surface area contributed by atoms with Crippen LogP contribution in [0.1, 0.15) is 19.8 Å². The summed E-state index contributed by atoms with van der Waals surface area (Å²) in [5, 5.41) is 10.4. The number of rotatable bonds is 2. The predicted molar refractivity (Wildman–Crippen MR) is 47.2 cm³/mol.